The van der Waals surface area contributed by atoms with E-state index in [0.29, 0.717) is 29.7 Å². The van der Waals surface area contributed by atoms with Crippen molar-refractivity contribution in [1.82, 2.24) is 25.0 Å². The van der Waals surface area contributed by atoms with Crippen LogP contribution in [0.15, 0.2) is 26.5 Å². The maximum absolute atomic E-state index is 13.0. The number of hydrogen-bond donors (Lipinski definition) is 2. The number of H-pyrrole nitrogens is 2. The number of hydrogen-bond acceptors (Lipinski definition) is 7. The third-order valence-electron chi connectivity index (χ3n) is 4.31. The number of fused-ring (bicyclic) bond motifs is 1. The molecular weight excluding hydrogens is 463 g/mol. The molecule has 1 aromatic carbocycles. The van der Waals surface area contributed by atoms with Gasteiger partial charge in [0.15, 0.2) is 17.2 Å². The van der Waals surface area contributed by atoms with Gasteiger partial charge in [0.05, 0.1) is 27.9 Å². The quantitative estimate of drug-likeness (QED) is 0.594. The van der Waals surface area contributed by atoms with Gasteiger partial charge < -0.3 is 9.47 Å². The van der Waals surface area contributed by atoms with E-state index in [1.807, 2.05) is 0 Å². The van der Waals surface area contributed by atoms with E-state index in [2.05, 4.69) is 15.3 Å². The Labute approximate surface area is 180 Å². The molecule has 1 aliphatic rings. The van der Waals surface area contributed by atoms with Gasteiger partial charge in [-0.2, -0.15) is 9.78 Å². The lowest BCUT2D eigenvalue weighted by Gasteiger charge is -2.19. The predicted octanol–water partition coefficient (Wildman–Crippen LogP) is 2.37. The molecule has 3 heterocycles. The van der Waals surface area contributed by atoms with E-state index in [1.54, 1.807) is 4.98 Å². The molecule has 1 aliphatic heterocycles. The highest BCUT2D eigenvalue weighted by atomic mass is 35.5. The van der Waals surface area contributed by atoms with E-state index in [-0.39, 0.29) is 33.1 Å². The first-order chi connectivity index (χ1) is 14.8. The molecule has 0 radical (unpaired) electrons. The second-order valence-electron chi connectivity index (χ2n) is 6.32. The number of aromatic amines is 2. The van der Waals surface area contributed by atoms with Crippen LogP contribution in [0.2, 0.25) is 10.0 Å². The minimum Gasteiger partial charge on any atom is -0.488 e. The van der Waals surface area contributed by atoms with Crippen molar-refractivity contribution in [3.63, 3.8) is 0 Å². The Hall–Kier alpha value is -3.25. The highest BCUT2D eigenvalue weighted by molar-refractivity contribution is 6.37. The number of rotatable bonds is 4. The van der Waals surface area contributed by atoms with Crippen LogP contribution in [-0.4, -0.2) is 31.6 Å². The Bertz CT molecular complexity index is 1330. The third-order valence-corrected chi connectivity index (χ3v) is 4.87. The summed E-state index contributed by atoms with van der Waals surface area (Å²) < 4.78 is 37.6. The van der Waals surface area contributed by atoms with E-state index >= 15 is 0 Å². The van der Waals surface area contributed by atoms with Crippen molar-refractivity contribution < 1.29 is 18.3 Å². The minimum absolute atomic E-state index is 0.0785. The average Bonchev–Trinajstić information content (AvgIpc) is 2.72. The second-order valence-corrected chi connectivity index (χ2v) is 7.13. The highest BCUT2D eigenvalue weighted by Crippen LogP contribution is 2.41. The summed E-state index contributed by atoms with van der Waals surface area (Å²) in [4.78, 5) is 37.2. The molecule has 0 saturated heterocycles. The number of nitrogens with one attached hydrogen (secondary N) is 2. The molecule has 0 saturated carbocycles. The molecule has 4 rings (SSSR count). The van der Waals surface area contributed by atoms with Gasteiger partial charge in [0.25, 0.3) is 23.4 Å². The van der Waals surface area contributed by atoms with Crippen molar-refractivity contribution >= 4 is 23.2 Å². The number of alkyl halides is 2. The minimum atomic E-state index is -3.21. The number of halogens is 4. The summed E-state index contributed by atoms with van der Waals surface area (Å²) in [5.41, 5.74) is -3.66. The van der Waals surface area contributed by atoms with Crippen LogP contribution in [0.1, 0.15) is 24.1 Å². The molecular formula is C17H11Cl2F2N5O5. The largest absolute Gasteiger partial charge is 0.488 e. The number of ether oxygens (including phenoxy) is 2. The van der Waals surface area contributed by atoms with Crippen molar-refractivity contribution in [2.24, 2.45) is 0 Å². The fourth-order valence-corrected chi connectivity index (χ4v) is 3.47. The van der Waals surface area contributed by atoms with Crippen LogP contribution in [0, 0.1) is 0 Å². The topological polar surface area (TPSA) is 132 Å². The van der Waals surface area contributed by atoms with Crippen molar-refractivity contribution in [3.05, 3.63) is 64.6 Å². The monoisotopic (exact) mass is 473 g/mol. The van der Waals surface area contributed by atoms with Crippen LogP contribution in [-0.2, 0) is 6.42 Å². The lowest BCUT2D eigenvalue weighted by atomic mass is 10.1. The van der Waals surface area contributed by atoms with E-state index in [4.69, 9.17) is 32.7 Å². The van der Waals surface area contributed by atoms with Crippen LogP contribution in [0.25, 0.3) is 5.69 Å². The fourth-order valence-electron chi connectivity index (χ4n) is 2.91. The molecule has 0 unspecified atom stereocenters. The standard InChI is InChI=1S/C17H11Cl2F2N5O5/c18-8-4-6(26-17(29)22-15(28)10(25-26)13(20)21)5-9(19)12(8)31-16-11-7(2-1-3-30-11)14(27)23-24-16/h4-5,13H,1-3H2,(H,23,27)(H,22,28,29). The number of nitrogens with zero attached hydrogens (tertiary/aromatic N) is 3. The Morgan fingerprint density at radius 1 is 1.16 bits per heavy atom. The van der Waals surface area contributed by atoms with Gasteiger partial charge in [-0.15, -0.1) is 5.10 Å². The maximum Gasteiger partial charge on any atom is 0.349 e. The summed E-state index contributed by atoms with van der Waals surface area (Å²) >= 11 is 12.4. The molecule has 162 valence electrons. The molecule has 2 N–H and O–H groups in total. The maximum atomic E-state index is 13.0. The molecule has 3 aromatic rings. The van der Waals surface area contributed by atoms with E-state index in [9.17, 15) is 23.2 Å². The molecule has 0 amide bonds. The molecule has 2 aromatic heterocycles. The van der Waals surface area contributed by atoms with Gasteiger partial charge in [0.1, 0.15) is 0 Å². The average molecular weight is 474 g/mol. The van der Waals surface area contributed by atoms with Gasteiger partial charge in [-0.1, -0.05) is 23.2 Å². The van der Waals surface area contributed by atoms with Crippen molar-refractivity contribution in [2.45, 2.75) is 19.3 Å². The van der Waals surface area contributed by atoms with Gasteiger partial charge in [-0.05, 0) is 25.0 Å². The van der Waals surface area contributed by atoms with Gasteiger partial charge in [-0.25, -0.2) is 18.7 Å². The van der Waals surface area contributed by atoms with Gasteiger partial charge in [0, 0.05) is 0 Å². The molecule has 14 heteroatoms. The highest BCUT2D eigenvalue weighted by Gasteiger charge is 2.24. The molecule has 0 bridgehead atoms. The Balaban J connectivity index is 1.77. The Kier molecular flexibility index (Phi) is 5.50. The lowest BCUT2D eigenvalue weighted by Crippen LogP contribution is -2.34. The van der Waals surface area contributed by atoms with E-state index in [0.717, 1.165) is 0 Å². The van der Waals surface area contributed by atoms with Crippen molar-refractivity contribution in [3.8, 4) is 23.1 Å². The first-order valence-corrected chi connectivity index (χ1v) is 9.45. The molecule has 31 heavy (non-hydrogen) atoms. The van der Waals surface area contributed by atoms with Gasteiger partial charge in [-0.3, -0.25) is 14.6 Å². The van der Waals surface area contributed by atoms with E-state index < -0.39 is 28.9 Å². The van der Waals surface area contributed by atoms with Crippen molar-refractivity contribution in [2.75, 3.05) is 6.61 Å². The van der Waals surface area contributed by atoms with Crippen LogP contribution in [0.5, 0.6) is 17.4 Å². The molecule has 0 fully saturated rings. The zero-order valence-corrected chi connectivity index (χ0v) is 16.8. The van der Waals surface area contributed by atoms with E-state index in [1.165, 1.54) is 12.1 Å². The number of benzene rings is 1. The van der Waals surface area contributed by atoms with Gasteiger partial charge >= 0.3 is 5.69 Å². The number of aromatic nitrogens is 5. The third kappa shape index (κ3) is 3.91. The Morgan fingerprint density at radius 2 is 1.87 bits per heavy atom. The van der Waals surface area contributed by atoms with Crippen LogP contribution in [0.4, 0.5) is 8.78 Å². The first-order valence-electron chi connectivity index (χ1n) is 8.69. The fraction of sp³-hybridized carbons (Fsp3) is 0.235. The summed E-state index contributed by atoms with van der Waals surface area (Å²) in [5, 5.41) is 9.24. The Morgan fingerprint density at radius 3 is 2.55 bits per heavy atom. The van der Waals surface area contributed by atoms with Gasteiger partial charge in [0.2, 0.25) is 0 Å². The summed E-state index contributed by atoms with van der Waals surface area (Å²) in [6, 6.07) is 2.34. The normalized spacial score (nSPS) is 13.1. The smallest absolute Gasteiger partial charge is 0.349 e. The van der Waals surface area contributed by atoms with Crippen molar-refractivity contribution in [1.29, 1.82) is 0 Å². The molecule has 0 atom stereocenters. The summed E-state index contributed by atoms with van der Waals surface area (Å²) in [5.74, 6) is -0.00830. The summed E-state index contributed by atoms with van der Waals surface area (Å²) in [6.07, 6.45) is -2.09. The first kappa shape index (κ1) is 21.0. The lowest BCUT2D eigenvalue weighted by molar-refractivity contribution is 0.141. The zero-order chi connectivity index (χ0) is 22.3. The molecule has 10 nitrogen and oxygen atoms in total. The van der Waals surface area contributed by atoms with Crippen LogP contribution < -0.4 is 26.3 Å². The van der Waals surface area contributed by atoms with Crippen LogP contribution >= 0.6 is 23.2 Å². The molecule has 0 aliphatic carbocycles. The zero-order valence-electron chi connectivity index (χ0n) is 15.2. The van der Waals surface area contributed by atoms with Crippen LogP contribution in [0.3, 0.4) is 0 Å². The summed E-state index contributed by atoms with van der Waals surface area (Å²) in [7, 11) is 0. The SMILES string of the molecule is O=c1[nH]c(=O)n(-c2cc(Cl)c(Oc3n[nH]c(=O)c4c3OCCC4)c(Cl)c2)nc1C(F)F. The molecule has 0 spiro atoms. The predicted molar refractivity (Wildman–Crippen MR) is 104 cm³/mol. The second kappa shape index (κ2) is 8.12. The summed E-state index contributed by atoms with van der Waals surface area (Å²) in [6.45, 7) is 0.363.